The van der Waals surface area contributed by atoms with Gasteiger partial charge in [0.15, 0.2) is 0 Å². The average molecular weight is 450 g/mol. The first-order valence-electron chi connectivity index (χ1n) is 10.9. The second-order valence-electron chi connectivity index (χ2n) is 8.04. The predicted molar refractivity (Wildman–Crippen MR) is 126 cm³/mol. The van der Waals surface area contributed by atoms with E-state index in [1.165, 1.54) is 30.6 Å². The summed E-state index contributed by atoms with van der Waals surface area (Å²) in [5, 5.41) is 4.81. The minimum Gasteiger partial charge on any atom is -0.487 e. The van der Waals surface area contributed by atoms with E-state index in [0.29, 0.717) is 35.2 Å². The maximum Gasteiger partial charge on any atom is 0.255 e. The van der Waals surface area contributed by atoms with Gasteiger partial charge in [-0.25, -0.2) is 4.98 Å². The van der Waals surface area contributed by atoms with Crippen LogP contribution in [0.1, 0.15) is 58.5 Å². The van der Waals surface area contributed by atoms with Gasteiger partial charge in [-0.1, -0.05) is 25.3 Å². The highest BCUT2D eigenvalue weighted by Crippen LogP contribution is 2.23. The number of anilines is 1. The van der Waals surface area contributed by atoms with Crippen molar-refractivity contribution in [1.82, 2.24) is 9.88 Å². The Morgan fingerprint density at radius 1 is 1.09 bits per heavy atom. The lowest BCUT2D eigenvalue weighted by molar-refractivity contribution is 0.0696. The molecular weight excluding hydrogens is 422 g/mol. The fraction of sp³-hybridized carbons (Fsp3) is 0.320. The van der Waals surface area contributed by atoms with E-state index in [1.54, 1.807) is 48.0 Å². The van der Waals surface area contributed by atoms with Gasteiger partial charge in [0, 0.05) is 35.3 Å². The quantitative estimate of drug-likeness (QED) is 0.526. The Hall–Kier alpha value is -3.19. The van der Waals surface area contributed by atoms with Gasteiger partial charge in [0.1, 0.15) is 12.4 Å². The van der Waals surface area contributed by atoms with Crippen LogP contribution in [0.15, 0.2) is 59.4 Å². The minimum absolute atomic E-state index is 0.0275. The number of rotatable bonds is 7. The summed E-state index contributed by atoms with van der Waals surface area (Å²) in [5.74, 6) is 0.402. The van der Waals surface area contributed by atoms with Gasteiger partial charge in [-0.3, -0.25) is 9.59 Å². The molecule has 1 aliphatic carbocycles. The zero-order chi connectivity index (χ0) is 22.3. The summed E-state index contributed by atoms with van der Waals surface area (Å²) in [4.78, 5) is 31.5. The van der Waals surface area contributed by atoms with E-state index >= 15 is 0 Å². The van der Waals surface area contributed by atoms with Crippen molar-refractivity contribution in [2.45, 2.75) is 44.8 Å². The van der Waals surface area contributed by atoms with Gasteiger partial charge in [-0.2, -0.15) is 0 Å². The van der Waals surface area contributed by atoms with Gasteiger partial charge in [-0.15, -0.1) is 11.3 Å². The predicted octanol–water partition coefficient (Wildman–Crippen LogP) is 5.38. The number of thiazole rings is 1. The molecule has 32 heavy (non-hydrogen) atoms. The molecule has 3 aromatic rings. The smallest absolute Gasteiger partial charge is 0.255 e. The molecule has 1 heterocycles. The molecule has 0 spiro atoms. The van der Waals surface area contributed by atoms with Crippen molar-refractivity contribution >= 4 is 28.8 Å². The van der Waals surface area contributed by atoms with Crippen molar-refractivity contribution in [3.8, 4) is 5.75 Å². The molecule has 166 valence electrons. The van der Waals surface area contributed by atoms with Crippen LogP contribution in [0.4, 0.5) is 5.69 Å². The number of aromatic nitrogens is 1. The van der Waals surface area contributed by atoms with Gasteiger partial charge >= 0.3 is 0 Å². The maximum absolute atomic E-state index is 12.8. The van der Waals surface area contributed by atoms with Crippen LogP contribution in [0, 0.1) is 0 Å². The number of hydrogen-bond acceptors (Lipinski definition) is 5. The first-order valence-corrected chi connectivity index (χ1v) is 11.8. The lowest BCUT2D eigenvalue weighted by Crippen LogP contribution is -2.38. The molecule has 1 fully saturated rings. The highest BCUT2D eigenvalue weighted by molar-refractivity contribution is 7.07. The van der Waals surface area contributed by atoms with Crippen LogP contribution in [0.5, 0.6) is 5.75 Å². The number of carbonyl (C=O) groups is 2. The third-order valence-corrected chi connectivity index (χ3v) is 6.43. The second-order valence-corrected chi connectivity index (χ2v) is 8.75. The zero-order valence-electron chi connectivity index (χ0n) is 18.1. The molecule has 0 unspecified atom stereocenters. The second kappa shape index (κ2) is 10.4. The van der Waals surface area contributed by atoms with Crippen LogP contribution in [0.25, 0.3) is 0 Å². The van der Waals surface area contributed by atoms with E-state index < -0.39 is 0 Å². The Bertz CT molecular complexity index is 1040. The van der Waals surface area contributed by atoms with Gasteiger partial charge < -0.3 is 15.0 Å². The molecular formula is C25H27N3O3S. The van der Waals surface area contributed by atoms with Crippen LogP contribution >= 0.6 is 11.3 Å². The van der Waals surface area contributed by atoms with E-state index in [9.17, 15) is 9.59 Å². The molecule has 2 aromatic carbocycles. The Morgan fingerprint density at radius 2 is 1.88 bits per heavy atom. The molecule has 0 aliphatic heterocycles. The molecule has 1 aromatic heterocycles. The third-order valence-electron chi connectivity index (χ3n) is 5.80. The van der Waals surface area contributed by atoms with Crippen LogP contribution in [0.2, 0.25) is 0 Å². The van der Waals surface area contributed by atoms with Crippen molar-refractivity contribution in [1.29, 1.82) is 0 Å². The molecule has 1 N–H and O–H groups in total. The van der Waals surface area contributed by atoms with Crippen LogP contribution < -0.4 is 10.1 Å². The highest BCUT2D eigenvalue weighted by atomic mass is 32.1. The number of ether oxygens (including phenoxy) is 1. The number of benzene rings is 2. The average Bonchev–Trinajstić information content (AvgIpc) is 3.37. The third kappa shape index (κ3) is 5.53. The van der Waals surface area contributed by atoms with Crippen molar-refractivity contribution in [3.63, 3.8) is 0 Å². The standard InChI is InChI=1S/C25H27N3O3S/c1-28(22-7-3-2-4-8-22)25(30)18-10-12-20(13-11-18)27-24(29)19-6-5-9-23(14-19)31-15-21-16-32-17-26-21/h5-6,9-14,16-17,22H,2-4,7-8,15H2,1H3,(H,27,29). The van der Waals surface area contributed by atoms with E-state index in [4.69, 9.17) is 4.74 Å². The zero-order valence-corrected chi connectivity index (χ0v) is 18.9. The Morgan fingerprint density at radius 3 is 2.59 bits per heavy atom. The monoisotopic (exact) mass is 449 g/mol. The van der Waals surface area contributed by atoms with Gasteiger partial charge in [0.25, 0.3) is 11.8 Å². The normalized spacial score (nSPS) is 14.0. The molecule has 7 heteroatoms. The van der Waals surface area contributed by atoms with E-state index in [-0.39, 0.29) is 11.8 Å². The van der Waals surface area contributed by atoms with E-state index in [0.717, 1.165) is 18.5 Å². The number of hydrogen-bond donors (Lipinski definition) is 1. The Balaban J connectivity index is 1.35. The van der Waals surface area contributed by atoms with Crippen molar-refractivity contribution < 1.29 is 14.3 Å². The summed E-state index contributed by atoms with van der Waals surface area (Å²) in [6.07, 6.45) is 5.77. The Labute approximate surface area is 192 Å². The molecule has 0 atom stereocenters. The first kappa shape index (κ1) is 22.0. The summed E-state index contributed by atoms with van der Waals surface area (Å²) >= 11 is 1.52. The fourth-order valence-electron chi connectivity index (χ4n) is 3.93. The molecule has 1 aliphatic rings. The number of carbonyl (C=O) groups excluding carboxylic acids is 2. The van der Waals surface area contributed by atoms with Gasteiger partial charge in [-0.05, 0) is 55.3 Å². The molecule has 1 saturated carbocycles. The number of nitrogens with one attached hydrogen (secondary N) is 1. The summed E-state index contributed by atoms with van der Waals surface area (Å²) in [6, 6.07) is 14.4. The minimum atomic E-state index is -0.234. The Kier molecular flexibility index (Phi) is 7.17. The summed E-state index contributed by atoms with van der Waals surface area (Å²) < 4.78 is 5.73. The molecule has 0 bridgehead atoms. The molecule has 6 nitrogen and oxygen atoms in total. The lowest BCUT2D eigenvalue weighted by atomic mass is 9.94. The fourth-order valence-corrected chi connectivity index (χ4v) is 4.47. The SMILES string of the molecule is CN(C(=O)c1ccc(NC(=O)c2cccc(OCc3cscn3)c2)cc1)C1CCCCC1. The largest absolute Gasteiger partial charge is 0.487 e. The first-order chi connectivity index (χ1) is 15.6. The van der Waals surface area contributed by atoms with Crippen LogP contribution in [-0.2, 0) is 6.61 Å². The van der Waals surface area contributed by atoms with E-state index in [2.05, 4.69) is 10.3 Å². The van der Waals surface area contributed by atoms with Crippen molar-refractivity contribution in [2.24, 2.45) is 0 Å². The summed E-state index contributed by atoms with van der Waals surface area (Å²) in [6.45, 7) is 0.360. The summed E-state index contributed by atoms with van der Waals surface area (Å²) in [5.41, 5.74) is 4.39. The highest BCUT2D eigenvalue weighted by Gasteiger charge is 2.23. The molecule has 2 amide bonds. The molecule has 0 radical (unpaired) electrons. The van der Waals surface area contributed by atoms with Crippen molar-refractivity contribution in [2.75, 3.05) is 12.4 Å². The molecule has 4 rings (SSSR count). The van der Waals surface area contributed by atoms with Gasteiger partial charge in [0.05, 0.1) is 11.2 Å². The maximum atomic E-state index is 12.8. The molecule has 0 saturated heterocycles. The van der Waals surface area contributed by atoms with Crippen molar-refractivity contribution in [3.05, 3.63) is 76.2 Å². The number of amides is 2. The van der Waals surface area contributed by atoms with E-state index in [1.807, 2.05) is 23.4 Å². The van der Waals surface area contributed by atoms with Gasteiger partial charge in [0.2, 0.25) is 0 Å². The number of nitrogens with zero attached hydrogens (tertiary/aromatic N) is 2. The van der Waals surface area contributed by atoms with Crippen LogP contribution in [0.3, 0.4) is 0 Å². The lowest BCUT2D eigenvalue weighted by Gasteiger charge is -2.31. The topological polar surface area (TPSA) is 71.5 Å². The summed E-state index contributed by atoms with van der Waals surface area (Å²) in [7, 11) is 1.89. The van der Waals surface area contributed by atoms with Crippen LogP contribution in [-0.4, -0.2) is 34.8 Å².